The Bertz CT molecular complexity index is 1210. The van der Waals surface area contributed by atoms with Gasteiger partial charge in [-0.15, -0.1) is 0 Å². The summed E-state index contributed by atoms with van der Waals surface area (Å²) in [6, 6.07) is 14.8. The number of amides is 2. The van der Waals surface area contributed by atoms with E-state index in [4.69, 9.17) is 10.5 Å². The number of nitrogens with two attached hydrogens (primary N) is 1. The van der Waals surface area contributed by atoms with Gasteiger partial charge in [0.1, 0.15) is 11.6 Å². The largest absolute Gasteiger partial charge is 0.383 e. The number of benzene rings is 2. The molecule has 0 bridgehead atoms. The van der Waals surface area contributed by atoms with Crippen molar-refractivity contribution in [1.29, 1.82) is 5.26 Å². The Kier molecular flexibility index (Phi) is 9.50. The first-order valence-corrected chi connectivity index (χ1v) is 11.7. The maximum Gasteiger partial charge on any atom is 0.317 e. The zero-order valence-corrected chi connectivity index (χ0v) is 20.4. The maximum atomic E-state index is 13.1. The van der Waals surface area contributed by atoms with Crippen molar-refractivity contribution in [3.63, 3.8) is 0 Å². The highest BCUT2D eigenvalue weighted by Crippen LogP contribution is 2.28. The van der Waals surface area contributed by atoms with Crippen LogP contribution in [0, 0.1) is 23.0 Å². The summed E-state index contributed by atoms with van der Waals surface area (Å²) in [5, 5.41) is 16.0. The number of methoxy groups -OCH3 is 1. The van der Waals surface area contributed by atoms with Crippen LogP contribution in [0.25, 0.3) is 5.69 Å². The summed E-state index contributed by atoms with van der Waals surface area (Å²) < 4.78 is 32.5. The number of anilines is 1. The van der Waals surface area contributed by atoms with Crippen LogP contribution in [0.3, 0.4) is 0 Å². The molecule has 3 N–H and O–H groups in total. The van der Waals surface area contributed by atoms with E-state index >= 15 is 0 Å². The molecule has 4 rings (SSSR count). The number of halogens is 2. The van der Waals surface area contributed by atoms with Crippen molar-refractivity contribution in [2.45, 2.75) is 25.7 Å². The predicted octanol–water partition coefficient (Wildman–Crippen LogP) is 4.20. The monoisotopic (exact) mass is 496 g/mol. The molecule has 3 aromatic rings. The minimum absolute atomic E-state index is 0.304. The lowest BCUT2D eigenvalue weighted by Gasteiger charge is -2.15. The van der Waals surface area contributed by atoms with Crippen molar-refractivity contribution in [3.05, 3.63) is 77.0 Å². The molecule has 1 aliphatic heterocycles. The van der Waals surface area contributed by atoms with E-state index in [-0.39, 0.29) is 0 Å². The second-order valence-electron chi connectivity index (χ2n) is 8.32. The Morgan fingerprint density at radius 1 is 1.25 bits per heavy atom. The number of urea groups is 1. The Morgan fingerprint density at radius 2 is 2.00 bits per heavy atom. The summed E-state index contributed by atoms with van der Waals surface area (Å²) in [6.07, 6.45) is 1.59. The number of primary amides is 1. The number of carbonyl (C=O) groups excluding carboxylic acids is 1. The van der Waals surface area contributed by atoms with Crippen molar-refractivity contribution < 1.29 is 18.3 Å². The zero-order valence-electron chi connectivity index (χ0n) is 20.4. The molecule has 1 unspecified atom stereocenters. The van der Waals surface area contributed by atoms with E-state index in [9.17, 15) is 18.8 Å². The topological polar surface area (TPSA) is 109 Å². The Labute approximate surface area is 209 Å². The second kappa shape index (κ2) is 12.8. The van der Waals surface area contributed by atoms with Gasteiger partial charge >= 0.3 is 6.03 Å². The van der Waals surface area contributed by atoms with E-state index in [0.29, 0.717) is 36.0 Å². The molecule has 190 valence electrons. The molecular formula is C26H30F2N6O2. The van der Waals surface area contributed by atoms with Gasteiger partial charge in [0.2, 0.25) is 0 Å². The van der Waals surface area contributed by atoms with Crippen molar-refractivity contribution in [2.24, 2.45) is 5.73 Å². The van der Waals surface area contributed by atoms with Gasteiger partial charge in [0.25, 0.3) is 0 Å². The first kappa shape index (κ1) is 26.8. The van der Waals surface area contributed by atoms with Crippen molar-refractivity contribution in [2.75, 3.05) is 38.7 Å². The molecule has 1 fully saturated rings. The Balaban J connectivity index is 0.000000202. The average Bonchev–Trinajstić information content (AvgIpc) is 3.49. The van der Waals surface area contributed by atoms with Gasteiger partial charge < -0.3 is 15.4 Å². The minimum Gasteiger partial charge on any atom is -0.383 e. The number of para-hydroxylation sites is 1. The first-order chi connectivity index (χ1) is 17.4. The summed E-state index contributed by atoms with van der Waals surface area (Å²) in [7, 11) is 1.68. The van der Waals surface area contributed by atoms with Crippen LogP contribution >= 0.6 is 0 Å². The molecule has 0 spiro atoms. The molecule has 1 saturated heterocycles. The molecule has 1 atom stereocenters. The molecule has 2 heterocycles. The van der Waals surface area contributed by atoms with Crippen molar-refractivity contribution >= 4 is 11.8 Å². The molecule has 1 aliphatic rings. The van der Waals surface area contributed by atoms with Crippen LogP contribution in [-0.2, 0) is 11.2 Å². The van der Waals surface area contributed by atoms with Crippen molar-refractivity contribution in [3.8, 4) is 11.8 Å². The fraction of sp³-hybridized carbons (Fsp3) is 0.346. The number of likely N-dealkylation sites (tertiary alicyclic amines) is 1. The van der Waals surface area contributed by atoms with E-state index in [1.54, 1.807) is 13.2 Å². The smallest absolute Gasteiger partial charge is 0.317 e. The summed E-state index contributed by atoms with van der Waals surface area (Å²) in [5.41, 5.74) is 7.75. The lowest BCUT2D eigenvalue weighted by molar-refractivity contribution is 0.160. The molecule has 0 radical (unpaired) electrons. The third-order valence-electron chi connectivity index (χ3n) is 5.95. The van der Waals surface area contributed by atoms with Gasteiger partial charge in [0.15, 0.2) is 17.5 Å². The maximum absolute atomic E-state index is 13.1. The molecular weight excluding hydrogens is 466 g/mol. The molecule has 2 amide bonds. The first-order valence-electron chi connectivity index (χ1n) is 11.7. The number of rotatable bonds is 7. The van der Waals surface area contributed by atoms with Gasteiger partial charge in [0, 0.05) is 20.2 Å². The molecule has 36 heavy (non-hydrogen) atoms. The number of nitrogens with one attached hydrogen (secondary N) is 1. The van der Waals surface area contributed by atoms with Crippen molar-refractivity contribution in [1.82, 2.24) is 14.7 Å². The molecule has 0 saturated carbocycles. The van der Waals surface area contributed by atoms with Gasteiger partial charge in [-0.05, 0) is 55.1 Å². The van der Waals surface area contributed by atoms with Crippen LogP contribution in [0.2, 0.25) is 0 Å². The fourth-order valence-electron chi connectivity index (χ4n) is 4.11. The molecule has 2 aromatic carbocycles. The number of hydrogen-bond acceptors (Lipinski definition) is 5. The third-order valence-corrected chi connectivity index (χ3v) is 5.95. The number of nitriles is 1. The van der Waals surface area contributed by atoms with Crippen LogP contribution < -0.4 is 11.1 Å². The molecule has 0 aliphatic carbocycles. The van der Waals surface area contributed by atoms with E-state index in [1.165, 1.54) is 16.8 Å². The number of nitrogens with zero attached hydrogens (tertiary/aromatic N) is 4. The predicted molar refractivity (Wildman–Crippen MR) is 133 cm³/mol. The highest BCUT2D eigenvalue weighted by molar-refractivity contribution is 5.89. The lowest BCUT2D eigenvalue weighted by Crippen LogP contribution is -2.24. The van der Waals surface area contributed by atoms with Crippen LogP contribution in [0.4, 0.5) is 19.4 Å². The van der Waals surface area contributed by atoms with Gasteiger partial charge in [-0.2, -0.15) is 10.4 Å². The number of ether oxygens (including phenoxy) is 1. The van der Waals surface area contributed by atoms with Gasteiger partial charge in [-0.3, -0.25) is 5.32 Å². The quantitative estimate of drug-likeness (QED) is 0.510. The van der Waals surface area contributed by atoms with Crippen LogP contribution in [0.1, 0.15) is 36.1 Å². The number of aromatic nitrogens is 2. The second-order valence-corrected chi connectivity index (χ2v) is 8.32. The van der Waals surface area contributed by atoms with Gasteiger partial charge in [0.05, 0.1) is 18.0 Å². The van der Waals surface area contributed by atoms with E-state index < -0.39 is 17.7 Å². The van der Waals surface area contributed by atoms with Crippen LogP contribution in [0.5, 0.6) is 0 Å². The lowest BCUT2D eigenvalue weighted by atomic mass is 9.98. The summed E-state index contributed by atoms with van der Waals surface area (Å²) >= 11 is 0. The highest BCUT2D eigenvalue weighted by Gasteiger charge is 2.24. The normalized spacial score (nSPS) is 15.1. The summed E-state index contributed by atoms with van der Waals surface area (Å²) in [6.45, 7) is 5.40. The zero-order chi connectivity index (χ0) is 26.1. The van der Waals surface area contributed by atoms with Gasteiger partial charge in [-0.1, -0.05) is 31.2 Å². The van der Waals surface area contributed by atoms with Crippen LogP contribution in [0.15, 0.2) is 48.5 Å². The Morgan fingerprint density at radius 3 is 2.61 bits per heavy atom. The highest BCUT2D eigenvalue weighted by atomic mass is 19.2. The van der Waals surface area contributed by atoms with Crippen LogP contribution in [-0.4, -0.2) is 54.1 Å². The summed E-state index contributed by atoms with van der Waals surface area (Å²) in [5.74, 6) is -0.916. The average molecular weight is 497 g/mol. The van der Waals surface area contributed by atoms with E-state index in [0.717, 1.165) is 37.3 Å². The SMILES string of the molecule is CCc1nn(-c2ccccc2)c(NC(N)=O)c1C#N.COCCN1CCC(c2ccc(F)c(F)c2)C1. The fourth-order valence-corrected chi connectivity index (χ4v) is 4.11. The molecule has 10 heteroatoms. The summed E-state index contributed by atoms with van der Waals surface area (Å²) in [4.78, 5) is 13.4. The number of hydrogen-bond donors (Lipinski definition) is 2. The standard InChI is InChI=1S/C13H17F2NO.C13H13N5O/c1-17-7-6-16-5-4-11(9-16)10-2-3-12(14)13(15)8-10;1-2-11-10(8-14)12(16-13(15)19)18(17-11)9-6-4-3-5-7-9/h2-3,8,11H,4-7,9H2,1H3;3-7H,2H2,1H3,(H3,15,16,19). The minimum atomic E-state index is -0.775. The third kappa shape index (κ3) is 6.65. The van der Waals surface area contributed by atoms with E-state index in [2.05, 4.69) is 21.4 Å². The number of aryl methyl sites for hydroxylation is 1. The number of carbonyl (C=O) groups is 1. The van der Waals surface area contributed by atoms with E-state index in [1.807, 2.05) is 37.3 Å². The van der Waals surface area contributed by atoms with Gasteiger partial charge in [-0.25, -0.2) is 18.3 Å². The molecule has 8 nitrogen and oxygen atoms in total. The molecule has 1 aromatic heterocycles. The Hall–Kier alpha value is -3.81.